The number of aliphatic hydroxyl groups is 1. The Hall–Kier alpha value is -2.28. The van der Waals surface area contributed by atoms with Crippen LogP contribution in [-0.4, -0.2) is 42.0 Å². The molecule has 1 aromatic carbocycles. The summed E-state index contributed by atoms with van der Waals surface area (Å²) in [6, 6.07) is 4.75. The number of aryl methyl sites for hydroxylation is 1. The molecule has 0 saturated carbocycles. The van der Waals surface area contributed by atoms with Crippen LogP contribution in [0.4, 0.5) is 10.5 Å². The molecule has 0 radical (unpaired) electrons. The van der Waals surface area contributed by atoms with Gasteiger partial charge in [0.15, 0.2) is 6.10 Å². The predicted molar refractivity (Wildman–Crippen MR) is 73.0 cm³/mol. The summed E-state index contributed by atoms with van der Waals surface area (Å²) in [5, 5.41) is 22.6. The van der Waals surface area contributed by atoms with Crippen molar-refractivity contribution in [2.24, 2.45) is 0 Å². The van der Waals surface area contributed by atoms with Gasteiger partial charge in [-0.25, -0.2) is 9.59 Å². The molecule has 1 aromatic rings. The Morgan fingerprint density at radius 3 is 2.65 bits per heavy atom. The second kappa shape index (κ2) is 7.34. The number of aliphatic hydroxyl groups excluding tert-OH is 1. The number of carboxylic acids is 1. The topological polar surface area (TPSA) is 108 Å². The van der Waals surface area contributed by atoms with Crippen LogP contribution in [-0.2, 0) is 4.79 Å². The molecule has 0 fully saturated rings. The number of carbonyl (C=O) groups excluding carboxylic acids is 1. The molecule has 4 N–H and O–H groups in total. The Kier molecular flexibility index (Phi) is 5.79. The van der Waals surface area contributed by atoms with Crippen molar-refractivity contribution in [1.82, 2.24) is 5.32 Å². The van der Waals surface area contributed by atoms with Crippen molar-refractivity contribution in [3.05, 3.63) is 23.8 Å². The number of ether oxygens (including phenoxy) is 1. The number of hydrogen-bond donors (Lipinski definition) is 4. The first-order chi connectivity index (χ1) is 9.43. The lowest BCUT2D eigenvalue weighted by Crippen LogP contribution is -2.33. The summed E-state index contributed by atoms with van der Waals surface area (Å²) in [6.45, 7) is 1.89. The van der Waals surface area contributed by atoms with Gasteiger partial charge in [0.2, 0.25) is 0 Å². The summed E-state index contributed by atoms with van der Waals surface area (Å²) >= 11 is 0. The molecule has 1 rings (SSSR count). The van der Waals surface area contributed by atoms with Gasteiger partial charge in [0, 0.05) is 18.7 Å². The normalized spacial score (nSPS) is 11.6. The molecule has 0 aromatic heterocycles. The second-order valence-corrected chi connectivity index (χ2v) is 4.20. The maximum atomic E-state index is 11.6. The van der Waals surface area contributed by atoms with Crippen LogP contribution < -0.4 is 15.4 Å². The SMILES string of the molecule is COc1ccc(NC(=O)NCC[C@H](O)C(=O)O)c(C)c1. The van der Waals surface area contributed by atoms with Crippen molar-refractivity contribution in [2.45, 2.75) is 19.4 Å². The standard InChI is InChI=1S/C13H18N2O5/c1-8-7-9(20-2)3-4-10(8)15-13(19)14-6-5-11(16)12(17)18/h3-4,7,11,16H,5-6H2,1-2H3,(H,17,18)(H2,14,15,19)/t11-/m0/s1. The number of urea groups is 1. The Balaban J connectivity index is 2.44. The van der Waals surface area contributed by atoms with Gasteiger partial charge < -0.3 is 25.6 Å². The molecule has 2 amide bonds. The van der Waals surface area contributed by atoms with Crippen molar-refractivity contribution in [1.29, 1.82) is 0 Å². The van der Waals surface area contributed by atoms with Gasteiger partial charge in [-0.3, -0.25) is 0 Å². The van der Waals surface area contributed by atoms with E-state index in [-0.39, 0.29) is 13.0 Å². The van der Waals surface area contributed by atoms with Crippen LogP contribution in [0.1, 0.15) is 12.0 Å². The number of amides is 2. The van der Waals surface area contributed by atoms with Crippen molar-refractivity contribution < 1.29 is 24.5 Å². The molecule has 0 aliphatic heterocycles. The maximum Gasteiger partial charge on any atom is 0.332 e. The van der Waals surface area contributed by atoms with Crippen LogP contribution in [0.5, 0.6) is 5.75 Å². The second-order valence-electron chi connectivity index (χ2n) is 4.20. The van der Waals surface area contributed by atoms with Crippen LogP contribution in [0.15, 0.2) is 18.2 Å². The van der Waals surface area contributed by atoms with Crippen molar-refractivity contribution in [3.63, 3.8) is 0 Å². The highest BCUT2D eigenvalue weighted by Crippen LogP contribution is 2.20. The van der Waals surface area contributed by atoms with Crippen LogP contribution in [0, 0.1) is 6.92 Å². The van der Waals surface area contributed by atoms with Gasteiger partial charge in [0.25, 0.3) is 0 Å². The van der Waals surface area contributed by atoms with E-state index < -0.39 is 18.1 Å². The monoisotopic (exact) mass is 282 g/mol. The number of benzene rings is 1. The third kappa shape index (κ3) is 4.77. The predicted octanol–water partition coefficient (Wildman–Crippen LogP) is 0.961. The Labute approximate surface area is 116 Å². The number of hydrogen-bond acceptors (Lipinski definition) is 4. The van der Waals surface area contributed by atoms with Gasteiger partial charge in [-0.15, -0.1) is 0 Å². The fourth-order valence-electron chi connectivity index (χ4n) is 1.52. The average molecular weight is 282 g/mol. The Morgan fingerprint density at radius 2 is 2.10 bits per heavy atom. The van der Waals surface area contributed by atoms with E-state index >= 15 is 0 Å². The van der Waals surface area contributed by atoms with Gasteiger partial charge in [-0.2, -0.15) is 0 Å². The number of anilines is 1. The molecule has 0 heterocycles. The lowest BCUT2D eigenvalue weighted by Gasteiger charge is -2.11. The number of aliphatic carboxylic acids is 1. The summed E-state index contributed by atoms with van der Waals surface area (Å²) in [6.07, 6.45) is -1.53. The fraction of sp³-hybridized carbons (Fsp3) is 0.385. The van der Waals surface area contributed by atoms with E-state index in [4.69, 9.17) is 14.9 Å². The fourth-order valence-corrected chi connectivity index (χ4v) is 1.52. The molecule has 0 bridgehead atoms. The molecule has 0 aliphatic carbocycles. The minimum absolute atomic E-state index is 0.0512. The molecule has 0 saturated heterocycles. The molecule has 1 atom stereocenters. The number of methoxy groups -OCH3 is 1. The van der Waals surface area contributed by atoms with Gasteiger partial charge in [0.05, 0.1) is 7.11 Å². The summed E-state index contributed by atoms with van der Waals surface area (Å²) in [5.41, 5.74) is 1.46. The van der Waals surface area contributed by atoms with Crippen LogP contribution in [0.2, 0.25) is 0 Å². The first-order valence-corrected chi connectivity index (χ1v) is 6.04. The number of carboxylic acid groups (broad SMARTS) is 1. The Bertz CT molecular complexity index is 490. The zero-order valence-electron chi connectivity index (χ0n) is 11.3. The molecule has 110 valence electrons. The highest BCUT2D eigenvalue weighted by molar-refractivity contribution is 5.90. The molecule has 0 unspecified atom stereocenters. The zero-order valence-corrected chi connectivity index (χ0v) is 11.3. The smallest absolute Gasteiger partial charge is 0.332 e. The lowest BCUT2D eigenvalue weighted by atomic mass is 10.2. The highest BCUT2D eigenvalue weighted by atomic mass is 16.5. The first-order valence-electron chi connectivity index (χ1n) is 6.04. The molecule has 7 heteroatoms. The van der Waals surface area contributed by atoms with Gasteiger partial charge in [-0.1, -0.05) is 0 Å². The van der Waals surface area contributed by atoms with E-state index in [2.05, 4.69) is 10.6 Å². The highest BCUT2D eigenvalue weighted by Gasteiger charge is 2.13. The molecule has 0 spiro atoms. The van der Waals surface area contributed by atoms with Gasteiger partial charge in [0.1, 0.15) is 5.75 Å². The number of carbonyl (C=O) groups is 2. The molecular weight excluding hydrogens is 264 g/mol. The van der Waals surface area contributed by atoms with Crippen molar-refractivity contribution >= 4 is 17.7 Å². The van der Waals surface area contributed by atoms with E-state index in [0.29, 0.717) is 11.4 Å². The Morgan fingerprint density at radius 1 is 1.40 bits per heavy atom. The van der Waals surface area contributed by atoms with E-state index in [9.17, 15) is 9.59 Å². The zero-order chi connectivity index (χ0) is 15.1. The molecule has 7 nitrogen and oxygen atoms in total. The largest absolute Gasteiger partial charge is 0.497 e. The minimum Gasteiger partial charge on any atom is -0.497 e. The van der Waals surface area contributed by atoms with Gasteiger partial charge >= 0.3 is 12.0 Å². The lowest BCUT2D eigenvalue weighted by molar-refractivity contribution is -0.146. The molecular formula is C13H18N2O5. The number of nitrogens with one attached hydrogen (secondary N) is 2. The summed E-state index contributed by atoms with van der Waals surface area (Å²) < 4.78 is 5.06. The first kappa shape index (κ1) is 15.8. The minimum atomic E-state index is -1.47. The average Bonchev–Trinajstić information content (AvgIpc) is 2.40. The molecule has 20 heavy (non-hydrogen) atoms. The van der Waals surface area contributed by atoms with E-state index in [1.807, 2.05) is 6.92 Å². The molecule has 0 aliphatic rings. The van der Waals surface area contributed by atoms with E-state index in [1.54, 1.807) is 25.3 Å². The van der Waals surface area contributed by atoms with E-state index in [1.165, 1.54) is 0 Å². The van der Waals surface area contributed by atoms with E-state index in [0.717, 1.165) is 5.56 Å². The van der Waals surface area contributed by atoms with Crippen LogP contribution >= 0.6 is 0 Å². The van der Waals surface area contributed by atoms with Crippen molar-refractivity contribution in [3.8, 4) is 5.75 Å². The third-order valence-corrected chi connectivity index (χ3v) is 2.67. The summed E-state index contributed by atoms with van der Waals surface area (Å²) in [5.74, 6) is -0.615. The third-order valence-electron chi connectivity index (χ3n) is 2.67. The van der Waals surface area contributed by atoms with Gasteiger partial charge in [-0.05, 0) is 30.7 Å². The van der Waals surface area contributed by atoms with Crippen LogP contribution in [0.25, 0.3) is 0 Å². The summed E-state index contributed by atoms with van der Waals surface area (Å²) in [4.78, 5) is 22.0. The number of rotatable bonds is 6. The van der Waals surface area contributed by atoms with Crippen LogP contribution in [0.3, 0.4) is 0 Å². The summed E-state index contributed by atoms with van der Waals surface area (Å²) in [7, 11) is 1.56. The maximum absolute atomic E-state index is 11.6. The quantitative estimate of drug-likeness (QED) is 0.621. The van der Waals surface area contributed by atoms with Crippen molar-refractivity contribution in [2.75, 3.05) is 19.0 Å².